The minimum absolute atomic E-state index is 0.0313. The first kappa shape index (κ1) is 18.6. The third kappa shape index (κ3) is 3.59. The molecular weight excluding hydrogens is 394 g/mol. The monoisotopic (exact) mass is 415 g/mol. The van der Waals surface area contributed by atoms with Gasteiger partial charge in [0.05, 0.1) is 42.8 Å². The van der Waals surface area contributed by atoms with E-state index in [1.807, 2.05) is 60.9 Å². The number of nitrogens with one attached hydrogen (secondary N) is 1. The molecule has 0 amide bonds. The van der Waals surface area contributed by atoms with Crippen LogP contribution in [0.25, 0.3) is 0 Å². The molecule has 0 spiro atoms. The van der Waals surface area contributed by atoms with Crippen LogP contribution in [0.4, 0.5) is 0 Å². The number of hydrogen-bond donors (Lipinski definition) is 1. The van der Waals surface area contributed by atoms with E-state index in [1.54, 1.807) is 6.26 Å². The fraction of sp³-hybridized carbons (Fsp3) is 0.174. The van der Waals surface area contributed by atoms with E-state index < -0.39 is 0 Å². The summed E-state index contributed by atoms with van der Waals surface area (Å²) in [7, 11) is 0. The quantitative estimate of drug-likeness (QED) is 0.479. The lowest BCUT2D eigenvalue weighted by Gasteiger charge is -2.28. The highest BCUT2D eigenvalue weighted by Crippen LogP contribution is 2.39. The van der Waals surface area contributed by atoms with E-state index >= 15 is 0 Å². The van der Waals surface area contributed by atoms with Crippen LogP contribution < -0.4 is 5.32 Å². The minimum Gasteiger partial charge on any atom is -0.467 e. The van der Waals surface area contributed by atoms with Crippen molar-refractivity contribution in [2.24, 2.45) is 0 Å². The van der Waals surface area contributed by atoms with Gasteiger partial charge in [-0.05, 0) is 60.7 Å². The molecule has 1 aliphatic rings. The Bertz CT molecular complexity index is 1110. The summed E-state index contributed by atoms with van der Waals surface area (Å²) in [5, 5.41) is 4.18. The number of hydrogen-bond acceptors (Lipinski definition) is 4. The molecule has 0 radical (unpaired) electrons. The second-order valence-electron chi connectivity index (χ2n) is 7.22. The van der Waals surface area contributed by atoms with Crippen molar-refractivity contribution < 1.29 is 4.42 Å². The standard InChI is InChI=1S/C23H21N5OS/c30-23-26-21(19-9-2-4-12-25-19)22(28(23)16-18-8-6-14-29-18)20-10-5-13-27(20)15-17-7-1-3-11-24-17/h1-14,21-22H,15-16H2,(H,26,30)/t21-,22+/m0/s1. The fourth-order valence-corrected chi connectivity index (χ4v) is 4.28. The van der Waals surface area contributed by atoms with Crippen molar-refractivity contribution >= 4 is 17.3 Å². The number of furan rings is 1. The average Bonchev–Trinajstić information content (AvgIpc) is 3.52. The molecule has 5 rings (SSSR count). The molecule has 7 heteroatoms. The van der Waals surface area contributed by atoms with Crippen molar-refractivity contribution in [2.45, 2.75) is 25.2 Å². The summed E-state index contributed by atoms with van der Waals surface area (Å²) in [4.78, 5) is 11.3. The van der Waals surface area contributed by atoms with Gasteiger partial charge in [-0.25, -0.2) is 0 Å². The normalized spacial score (nSPS) is 18.5. The van der Waals surface area contributed by atoms with Crippen LogP contribution in [-0.2, 0) is 13.1 Å². The largest absolute Gasteiger partial charge is 0.467 e. The van der Waals surface area contributed by atoms with E-state index in [0.717, 1.165) is 22.8 Å². The average molecular weight is 416 g/mol. The summed E-state index contributed by atoms with van der Waals surface area (Å²) in [6.45, 7) is 1.28. The SMILES string of the molecule is S=C1N[C@@H](c2ccccn2)[C@@H](c2cccn2Cc2ccccn2)N1Cc1ccco1. The Labute approximate surface area is 180 Å². The second kappa shape index (κ2) is 8.12. The van der Waals surface area contributed by atoms with Crippen molar-refractivity contribution in [3.63, 3.8) is 0 Å². The van der Waals surface area contributed by atoms with Crippen LogP contribution in [0.2, 0.25) is 0 Å². The molecule has 5 heterocycles. The first-order valence-corrected chi connectivity index (χ1v) is 10.3. The van der Waals surface area contributed by atoms with Gasteiger partial charge in [-0.15, -0.1) is 0 Å². The van der Waals surface area contributed by atoms with Crippen molar-refractivity contribution in [1.82, 2.24) is 24.8 Å². The van der Waals surface area contributed by atoms with Gasteiger partial charge in [0, 0.05) is 24.3 Å². The van der Waals surface area contributed by atoms with Gasteiger partial charge in [0.25, 0.3) is 0 Å². The van der Waals surface area contributed by atoms with E-state index in [1.165, 1.54) is 0 Å². The highest BCUT2D eigenvalue weighted by molar-refractivity contribution is 7.80. The van der Waals surface area contributed by atoms with Crippen LogP contribution in [0.3, 0.4) is 0 Å². The molecular formula is C23H21N5OS. The van der Waals surface area contributed by atoms with Gasteiger partial charge in [0.15, 0.2) is 5.11 Å². The molecule has 0 aromatic carbocycles. The maximum absolute atomic E-state index is 5.74. The molecule has 0 saturated carbocycles. The molecule has 6 nitrogen and oxygen atoms in total. The Balaban J connectivity index is 1.54. The molecule has 30 heavy (non-hydrogen) atoms. The number of aromatic nitrogens is 3. The van der Waals surface area contributed by atoms with Crippen LogP contribution in [0.15, 0.2) is 89.9 Å². The van der Waals surface area contributed by atoms with E-state index in [4.69, 9.17) is 16.6 Å². The lowest BCUT2D eigenvalue weighted by molar-refractivity contribution is 0.277. The Hall–Kier alpha value is -3.45. The Morgan fingerprint density at radius 3 is 2.53 bits per heavy atom. The van der Waals surface area contributed by atoms with Gasteiger partial charge in [0.2, 0.25) is 0 Å². The highest BCUT2D eigenvalue weighted by atomic mass is 32.1. The zero-order chi connectivity index (χ0) is 20.3. The van der Waals surface area contributed by atoms with Crippen LogP contribution in [0.5, 0.6) is 0 Å². The molecule has 4 aromatic heterocycles. The van der Waals surface area contributed by atoms with Crippen molar-refractivity contribution in [1.29, 1.82) is 0 Å². The second-order valence-corrected chi connectivity index (χ2v) is 7.60. The maximum Gasteiger partial charge on any atom is 0.170 e. The van der Waals surface area contributed by atoms with Gasteiger partial charge in [-0.1, -0.05) is 12.1 Å². The topological polar surface area (TPSA) is 59.1 Å². The summed E-state index contributed by atoms with van der Waals surface area (Å²) >= 11 is 5.74. The highest BCUT2D eigenvalue weighted by Gasteiger charge is 2.41. The first-order chi connectivity index (χ1) is 14.8. The minimum atomic E-state index is -0.0638. The molecule has 1 saturated heterocycles. The molecule has 1 aliphatic heterocycles. The number of nitrogens with zero attached hydrogens (tertiary/aromatic N) is 4. The number of rotatable bonds is 6. The summed E-state index contributed by atoms with van der Waals surface area (Å²) in [6, 6.07) is 19.9. The maximum atomic E-state index is 5.74. The predicted octanol–water partition coefficient (Wildman–Crippen LogP) is 4.09. The summed E-state index contributed by atoms with van der Waals surface area (Å²) in [6.07, 6.45) is 7.42. The molecule has 2 atom stereocenters. The Morgan fingerprint density at radius 1 is 0.933 bits per heavy atom. The zero-order valence-electron chi connectivity index (χ0n) is 16.3. The van der Waals surface area contributed by atoms with Gasteiger partial charge >= 0.3 is 0 Å². The number of pyridine rings is 2. The predicted molar refractivity (Wildman–Crippen MR) is 117 cm³/mol. The first-order valence-electron chi connectivity index (χ1n) is 9.85. The summed E-state index contributed by atoms with van der Waals surface area (Å²) < 4.78 is 7.84. The van der Waals surface area contributed by atoms with E-state index in [2.05, 4.69) is 43.1 Å². The van der Waals surface area contributed by atoms with Crippen LogP contribution in [-0.4, -0.2) is 24.5 Å². The lowest BCUT2D eigenvalue weighted by Crippen LogP contribution is -2.30. The fourth-order valence-electron chi connectivity index (χ4n) is 3.97. The van der Waals surface area contributed by atoms with Crippen LogP contribution >= 0.6 is 12.2 Å². The summed E-state index contributed by atoms with van der Waals surface area (Å²) in [5.41, 5.74) is 3.11. The summed E-state index contributed by atoms with van der Waals surface area (Å²) in [5.74, 6) is 0.869. The Kier molecular flexibility index (Phi) is 5.03. The third-order valence-electron chi connectivity index (χ3n) is 5.33. The molecule has 1 fully saturated rings. The lowest BCUT2D eigenvalue weighted by atomic mass is 10.0. The molecule has 0 aliphatic carbocycles. The molecule has 4 aromatic rings. The van der Waals surface area contributed by atoms with Gasteiger partial charge < -0.3 is 19.2 Å². The van der Waals surface area contributed by atoms with Crippen molar-refractivity contribution in [3.05, 3.63) is 108 Å². The van der Waals surface area contributed by atoms with Gasteiger partial charge in [0.1, 0.15) is 5.76 Å². The van der Waals surface area contributed by atoms with Crippen LogP contribution in [0, 0.1) is 0 Å². The van der Waals surface area contributed by atoms with Crippen molar-refractivity contribution in [2.75, 3.05) is 0 Å². The van der Waals surface area contributed by atoms with E-state index in [9.17, 15) is 0 Å². The van der Waals surface area contributed by atoms with Crippen molar-refractivity contribution in [3.8, 4) is 0 Å². The third-order valence-corrected chi connectivity index (χ3v) is 5.68. The van der Waals surface area contributed by atoms with Gasteiger partial charge in [-0.3, -0.25) is 9.97 Å². The zero-order valence-corrected chi connectivity index (χ0v) is 17.1. The van der Waals surface area contributed by atoms with Crippen LogP contribution in [0.1, 0.15) is 34.9 Å². The number of thiocarbonyl (C=S) groups is 1. The molecule has 1 N–H and O–H groups in total. The van der Waals surface area contributed by atoms with E-state index in [-0.39, 0.29) is 12.1 Å². The van der Waals surface area contributed by atoms with Gasteiger partial charge in [-0.2, -0.15) is 0 Å². The van der Waals surface area contributed by atoms with E-state index in [0.29, 0.717) is 18.2 Å². The molecule has 0 unspecified atom stereocenters. The Morgan fingerprint density at radius 2 is 1.80 bits per heavy atom. The smallest absolute Gasteiger partial charge is 0.170 e. The molecule has 150 valence electrons. The molecule has 0 bridgehead atoms.